The molecule has 6 heteroatoms. The highest BCUT2D eigenvalue weighted by atomic mass is 35.5. The summed E-state index contributed by atoms with van der Waals surface area (Å²) in [4.78, 5) is 23.7. The zero-order valence-corrected chi connectivity index (χ0v) is 15.8. The molecule has 0 saturated heterocycles. The molecule has 0 N–H and O–H groups in total. The molecule has 0 saturated carbocycles. The summed E-state index contributed by atoms with van der Waals surface area (Å²) in [5.74, 6) is -1.33. The minimum absolute atomic E-state index is 0.504. The normalized spacial score (nSPS) is 13.2. The molecule has 0 spiro atoms. The summed E-state index contributed by atoms with van der Waals surface area (Å²) >= 11 is 12.1. The van der Waals surface area contributed by atoms with Gasteiger partial charge in [0.1, 0.15) is 12.2 Å². The van der Waals surface area contributed by atoms with E-state index in [-0.39, 0.29) is 0 Å². The van der Waals surface area contributed by atoms with Gasteiger partial charge in [-0.15, -0.1) is 0 Å². The molecule has 0 heterocycles. The second-order valence-corrected chi connectivity index (χ2v) is 6.35. The number of benzene rings is 2. The lowest BCUT2D eigenvalue weighted by atomic mass is 10.1. The molecular formula is C20H18Cl2O4. The van der Waals surface area contributed by atoms with Gasteiger partial charge in [-0.25, -0.2) is 9.59 Å². The molecule has 4 nitrogen and oxygen atoms in total. The number of halogens is 2. The van der Waals surface area contributed by atoms with Gasteiger partial charge in [-0.3, -0.25) is 0 Å². The quantitative estimate of drug-likeness (QED) is 0.483. The highest BCUT2D eigenvalue weighted by Gasteiger charge is 2.15. The Morgan fingerprint density at radius 2 is 1.12 bits per heavy atom. The SMILES string of the molecule is C[C@H](OC(=O)/C=C/C(=O)O[C@H](C)c1ccccc1Cl)c1ccccc1Cl. The van der Waals surface area contributed by atoms with Crippen LogP contribution in [0.2, 0.25) is 10.0 Å². The van der Waals surface area contributed by atoms with E-state index >= 15 is 0 Å². The summed E-state index contributed by atoms with van der Waals surface area (Å²) in [6.07, 6.45) is 0.960. The first kappa shape index (κ1) is 20.0. The van der Waals surface area contributed by atoms with Crippen LogP contribution in [0.1, 0.15) is 37.2 Å². The molecule has 2 aromatic carbocycles. The van der Waals surface area contributed by atoms with E-state index in [4.69, 9.17) is 32.7 Å². The molecule has 0 radical (unpaired) electrons. The number of carbonyl (C=O) groups excluding carboxylic acids is 2. The minimum Gasteiger partial charge on any atom is -0.455 e. The van der Waals surface area contributed by atoms with Crippen molar-refractivity contribution < 1.29 is 19.1 Å². The molecule has 0 bridgehead atoms. The largest absolute Gasteiger partial charge is 0.455 e. The van der Waals surface area contributed by atoms with Crippen molar-refractivity contribution in [2.24, 2.45) is 0 Å². The fourth-order valence-electron chi connectivity index (χ4n) is 2.30. The van der Waals surface area contributed by atoms with Crippen molar-refractivity contribution in [1.29, 1.82) is 0 Å². The zero-order valence-electron chi connectivity index (χ0n) is 14.3. The van der Waals surface area contributed by atoms with E-state index in [1.165, 1.54) is 0 Å². The summed E-state index contributed by atoms with van der Waals surface area (Å²) in [6.45, 7) is 3.40. The Hall–Kier alpha value is -2.30. The third kappa shape index (κ3) is 5.61. The van der Waals surface area contributed by atoms with Gasteiger partial charge in [0.15, 0.2) is 0 Å². The summed E-state index contributed by atoms with van der Waals surface area (Å²) in [5, 5.41) is 1.01. The van der Waals surface area contributed by atoms with Crippen LogP contribution in [0.15, 0.2) is 60.7 Å². The first-order chi connectivity index (χ1) is 12.4. The van der Waals surface area contributed by atoms with Gasteiger partial charge in [-0.2, -0.15) is 0 Å². The molecule has 0 aliphatic carbocycles. The summed E-state index contributed by atoms with van der Waals surface area (Å²) < 4.78 is 10.5. The standard InChI is InChI=1S/C20H18Cl2O4/c1-13(15-7-3-5-9-17(15)21)25-19(23)11-12-20(24)26-14(2)16-8-4-6-10-18(16)22/h3-14H,1-2H3/b12-11+/t13-,14+. The van der Waals surface area contributed by atoms with E-state index < -0.39 is 24.1 Å². The van der Waals surface area contributed by atoms with Crippen LogP contribution in [0.25, 0.3) is 0 Å². The number of hydrogen-bond donors (Lipinski definition) is 0. The highest BCUT2D eigenvalue weighted by molar-refractivity contribution is 6.31. The van der Waals surface area contributed by atoms with Gasteiger partial charge in [-0.05, 0) is 26.0 Å². The van der Waals surface area contributed by atoms with Gasteiger partial charge >= 0.3 is 11.9 Å². The first-order valence-corrected chi connectivity index (χ1v) is 8.72. The van der Waals surface area contributed by atoms with Crippen LogP contribution in [-0.4, -0.2) is 11.9 Å². The van der Waals surface area contributed by atoms with E-state index in [0.29, 0.717) is 21.2 Å². The van der Waals surface area contributed by atoms with Crippen LogP contribution < -0.4 is 0 Å². The van der Waals surface area contributed by atoms with Crippen molar-refractivity contribution >= 4 is 35.1 Å². The molecule has 26 heavy (non-hydrogen) atoms. The van der Waals surface area contributed by atoms with E-state index in [9.17, 15) is 9.59 Å². The number of hydrogen-bond acceptors (Lipinski definition) is 4. The average Bonchev–Trinajstić information content (AvgIpc) is 2.60. The van der Waals surface area contributed by atoms with E-state index in [1.54, 1.807) is 62.4 Å². The monoisotopic (exact) mass is 392 g/mol. The predicted octanol–water partition coefficient (Wildman–Crippen LogP) is 5.46. The lowest BCUT2D eigenvalue weighted by Gasteiger charge is -2.14. The van der Waals surface area contributed by atoms with Gasteiger partial charge in [-0.1, -0.05) is 59.6 Å². The molecule has 0 amide bonds. The lowest BCUT2D eigenvalue weighted by Crippen LogP contribution is -2.09. The minimum atomic E-state index is -0.667. The molecule has 0 aromatic heterocycles. The maximum Gasteiger partial charge on any atom is 0.331 e. The van der Waals surface area contributed by atoms with E-state index in [2.05, 4.69) is 0 Å². The second kappa shape index (κ2) is 9.41. The van der Waals surface area contributed by atoms with Gasteiger partial charge in [0.25, 0.3) is 0 Å². The Bertz CT molecular complexity index is 749. The molecule has 0 aliphatic heterocycles. The second-order valence-electron chi connectivity index (χ2n) is 5.53. The zero-order chi connectivity index (χ0) is 19.1. The Balaban J connectivity index is 1.90. The van der Waals surface area contributed by atoms with Gasteiger partial charge in [0.05, 0.1) is 0 Å². The van der Waals surface area contributed by atoms with Crippen LogP contribution in [0.3, 0.4) is 0 Å². The van der Waals surface area contributed by atoms with Gasteiger partial charge in [0.2, 0.25) is 0 Å². The number of ether oxygens (including phenoxy) is 2. The Morgan fingerprint density at radius 1 is 0.769 bits per heavy atom. The van der Waals surface area contributed by atoms with Crippen LogP contribution in [0, 0.1) is 0 Å². The Kier molecular flexibility index (Phi) is 7.25. The van der Waals surface area contributed by atoms with Crippen LogP contribution in [0.5, 0.6) is 0 Å². The smallest absolute Gasteiger partial charge is 0.331 e. The summed E-state index contributed by atoms with van der Waals surface area (Å²) in [7, 11) is 0. The van der Waals surface area contributed by atoms with Crippen LogP contribution in [-0.2, 0) is 19.1 Å². The van der Waals surface area contributed by atoms with E-state index in [0.717, 1.165) is 12.2 Å². The lowest BCUT2D eigenvalue weighted by molar-refractivity contribution is -0.145. The highest BCUT2D eigenvalue weighted by Crippen LogP contribution is 2.26. The molecule has 2 atom stereocenters. The molecular weight excluding hydrogens is 375 g/mol. The number of esters is 2. The Morgan fingerprint density at radius 3 is 1.46 bits per heavy atom. The summed E-state index contributed by atoms with van der Waals surface area (Å²) in [6, 6.07) is 14.1. The average molecular weight is 393 g/mol. The third-order valence-corrected chi connectivity index (χ3v) is 4.32. The van der Waals surface area contributed by atoms with Crippen molar-refractivity contribution in [2.45, 2.75) is 26.1 Å². The van der Waals surface area contributed by atoms with Crippen LogP contribution in [0.4, 0.5) is 0 Å². The van der Waals surface area contributed by atoms with Gasteiger partial charge in [0, 0.05) is 33.3 Å². The molecule has 0 unspecified atom stereocenters. The maximum absolute atomic E-state index is 11.9. The molecule has 0 fully saturated rings. The van der Waals surface area contributed by atoms with Crippen molar-refractivity contribution in [1.82, 2.24) is 0 Å². The molecule has 136 valence electrons. The number of rotatable bonds is 6. The van der Waals surface area contributed by atoms with Crippen molar-refractivity contribution in [2.75, 3.05) is 0 Å². The van der Waals surface area contributed by atoms with Crippen molar-refractivity contribution in [3.05, 3.63) is 81.9 Å². The molecule has 0 aliphatic rings. The van der Waals surface area contributed by atoms with Gasteiger partial charge < -0.3 is 9.47 Å². The maximum atomic E-state index is 11.9. The van der Waals surface area contributed by atoms with Crippen molar-refractivity contribution in [3.8, 4) is 0 Å². The van der Waals surface area contributed by atoms with Crippen LogP contribution >= 0.6 is 23.2 Å². The molecule has 2 rings (SSSR count). The van der Waals surface area contributed by atoms with Crippen molar-refractivity contribution in [3.63, 3.8) is 0 Å². The Labute approximate surface area is 162 Å². The fraction of sp³-hybridized carbons (Fsp3) is 0.200. The third-order valence-electron chi connectivity index (χ3n) is 3.63. The first-order valence-electron chi connectivity index (χ1n) is 7.96. The number of carbonyl (C=O) groups is 2. The van der Waals surface area contributed by atoms with E-state index in [1.807, 2.05) is 0 Å². The topological polar surface area (TPSA) is 52.6 Å². The fourth-order valence-corrected chi connectivity index (χ4v) is 2.88. The molecule has 2 aromatic rings. The predicted molar refractivity (Wildman–Crippen MR) is 101 cm³/mol. The summed E-state index contributed by atoms with van der Waals surface area (Å²) in [5.41, 5.74) is 1.37.